The van der Waals surface area contributed by atoms with Crippen LogP contribution in [0.4, 0.5) is 4.39 Å². The highest BCUT2D eigenvalue weighted by molar-refractivity contribution is 9.10. The van der Waals surface area contributed by atoms with Crippen LogP contribution >= 0.6 is 15.9 Å². The zero-order valence-electron chi connectivity index (χ0n) is 7.74. The minimum atomic E-state index is -0.327. The molecule has 0 aliphatic carbocycles. The quantitative estimate of drug-likeness (QED) is 0.848. The van der Waals surface area contributed by atoms with Crippen LogP contribution in [0.1, 0.15) is 5.56 Å². The number of halogens is 2. The summed E-state index contributed by atoms with van der Waals surface area (Å²) in [5.41, 5.74) is 0.912. The molecule has 0 atom stereocenters. The number of benzene rings is 1. The topological polar surface area (TPSA) is 22.4 Å². The van der Waals surface area contributed by atoms with Gasteiger partial charge in [-0.3, -0.25) is 0 Å². The zero-order valence-corrected chi connectivity index (χ0v) is 9.33. The van der Waals surface area contributed by atoms with Gasteiger partial charge in [0.1, 0.15) is 18.2 Å². The molecule has 2 rings (SSSR count). The van der Waals surface area contributed by atoms with Crippen molar-refractivity contribution in [3.63, 3.8) is 0 Å². The zero-order chi connectivity index (χ0) is 10.7. The number of ether oxygens (including phenoxy) is 1. The molecule has 0 bridgehead atoms. The fourth-order valence-electron chi connectivity index (χ4n) is 1.15. The van der Waals surface area contributed by atoms with E-state index < -0.39 is 0 Å². The Labute approximate surface area is 94.8 Å². The Bertz CT molecular complexity index is 420. The van der Waals surface area contributed by atoms with Gasteiger partial charge in [0.15, 0.2) is 0 Å². The van der Waals surface area contributed by atoms with Crippen molar-refractivity contribution < 1.29 is 13.5 Å². The number of hydrogen-bond acceptors (Lipinski definition) is 2. The first-order valence-corrected chi connectivity index (χ1v) is 5.13. The van der Waals surface area contributed by atoms with Gasteiger partial charge in [0.05, 0.1) is 12.5 Å². The van der Waals surface area contributed by atoms with Crippen molar-refractivity contribution >= 4 is 15.9 Å². The Hall–Kier alpha value is -1.29. The second kappa shape index (κ2) is 4.49. The monoisotopic (exact) mass is 270 g/mol. The summed E-state index contributed by atoms with van der Waals surface area (Å²) in [6.07, 6.45) is 3.16. The molecule has 0 saturated carbocycles. The lowest BCUT2D eigenvalue weighted by Crippen LogP contribution is -1.94. The molecule has 1 aromatic carbocycles. The summed E-state index contributed by atoms with van der Waals surface area (Å²) in [7, 11) is 0. The second-order valence-electron chi connectivity index (χ2n) is 3.03. The van der Waals surface area contributed by atoms with Crippen molar-refractivity contribution in [2.45, 2.75) is 6.61 Å². The summed E-state index contributed by atoms with van der Waals surface area (Å²) in [5.74, 6) is 0.162. The predicted octanol–water partition coefficient (Wildman–Crippen LogP) is 3.76. The molecule has 0 unspecified atom stereocenters. The molecule has 0 aliphatic heterocycles. The third kappa shape index (κ3) is 2.83. The molecule has 2 aromatic rings. The van der Waals surface area contributed by atoms with Gasteiger partial charge in [0.25, 0.3) is 0 Å². The van der Waals surface area contributed by atoms with Crippen LogP contribution in [-0.4, -0.2) is 0 Å². The fourth-order valence-corrected chi connectivity index (χ4v) is 1.60. The minimum absolute atomic E-state index is 0.327. The highest BCUT2D eigenvalue weighted by Crippen LogP contribution is 2.21. The van der Waals surface area contributed by atoms with E-state index in [9.17, 15) is 4.39 Å². The van der Waals surface area contributed by atoms with Gasteiger partial charge < -0.3 is 9.15 Å². The van der Waals surface area contributed by atoms with Crippen LogP contribution in [0.2, 0.25) is 0 Å². The van der Waals surface area contributed by atoms with Gasteiger partial charge in [-0.1, -0.05) is 15.9 Å². The highest BCUT2D eigenvalue weighted by Gasteiger charge is 2.01. The molecule has 0 amide bonds. The van der Waals surface area contributed by atoms with Crippen LogP contribution in [0.3, 0.4) is 0 Å². The van der Waals surface area contributed by atoms with E-state index in [4.69, 9.17) is 9.15 Å². The van der Waals surface area contributed by atoms with E-state index in [-0.39, 0.29) is 5.82 Å². The molecule has 1 aromatic heterocycles. The van der Waals surface area contributed by atoms with Gasteiger partial charge in [-0.05, 0) is 18.2 Å². The molecular formula is C11H8BrFO2. The van der Waals surface area contributed by atoms with Crippen LogP contribution in [0.25, 0.3) is 0 Å². The molecule has 78 valence electrons. The number of rotatable bonds is 3. The van der Waals surface area contributed by atoms with E-state index in [1.165, 1.54) is 12.1 Å². The summed E-state index contributed by atoms with van der Waals surface area (Å²) in [6, 6.07) is 6.23. The molecule has 0 N–H and O–H groups in total. The first kappa shape index (κ1) is 10.2. The van der Waals surface area contributed by atoms with Crippen molar-refractivity contribution in [2.75, 3.05) is 0 Å². The molecule has 0 fully saturated rings. The summed E-state index contributed by atoms with van der Waals surface area (Å²) in [5, 5.41) is 0. The Morgan fingerprint density at radius 1 is 1.33 bits per heavy atom. The minimum Gasteiger partial charge on any atom is -0.489 e. The van der Waals surface area contributed by atoms with E-state index >= 15 is 0 Å². The standard InChI is InChI=1S/C11H8BrFO2/c12-9-3-10(13)5-11(4-9)15-7-8-1-2-14-6-8/h1-6H,7H2. The maximum Gasteiger partial charge on any atom is 0.128 e. The largest absolute Gasteiger partial charge is 0.489 e. The van der Waals surface area contributed by atoms with Crippen molar-refractivity contribution in [3.05, 3.63) is 52.6 Å². The van der Waals surface area contributed by atoms with Gasteiger partial charge in [0.2, 0.25) is 0 Å². The SMILES string of the molecule is Fc1cc(Br)cc(OCc2ccoc2)c1. The lowest BCUT2D eigenvalue weighted by Gasteiger charge is -2.04. The van der Waals surface area contributed by atoms with Gasteiger partial charge in [-0.25, -0.2) is 4.39 Å². The molecule has 15 heavy (non-hydrogen) atoms. The van der Waals surface area contributed by atoms with Gasteiger partial charge in [0, 0.05) is 16.1 Å². The Morgan fingerprint density at radius 2 is 2.20 bits per heavy atom. The Morgan fingerprint density at radius 3 is 2.87 bits per heavy atom. The lowest BCUT2D eigenvalue weighted by atomic mass is 10.3. The van der Waals surface area contributed by atoms with Crippen LogP contribution in [-0.2, 0) is 6.61 Å². The Balaban J connectivity index is 2.05. The van der Waals surface area contributed by atoms with E-state index in [0.717, 1.165) is 5.56 Å². The fraction of sp³-hybridized carbons (Fsp3) is 0.0909. The maximum atomic E-state index is 13.0. The summed E-state index contributed by atoms with van der Waals surface area (Å²) < 4.78 is 23.9. The third-order valence-electron chi connectivity index (χ3n) is 1.82. The molecule has 0 aliphatic rings. The first-order valence-electron chi connectivity index (χ1n) is 4.34. The molecule has 4 heteroatoms. The second-order valence-corrected chi connectivity index (χ2v) is 3.94. The normalized spacial score (nSPS) is 10.3. The van der Waals surface area contributed by atoms with Crippen molar-refractivity contribution in [1.29, 1.82) is 0 Å². The van der Waals surface area contributed by atoms with E-state index in [0.29, 0.717) is 16.8 Å². The molecule has 0 spiro atoms. The first-order chi connectivity index (χ1) is 7.24. The van der Waals surface area contributed by atoms with Crippen LogP contribution < -0.4 is 4.74 Å². The average molecular weight is 271 g/mol. The Kier molecular flexibility index (Phi) is 3.06. The summed E-state index contributed by atoms with van der Waals surface area (Å²) in [4.78, 5) is 0. The molecule has 0 radical (unpaired) electrons. The average Bonchev–Trinajstić information content (AvgIpc) is 2.65. The van der Waals surface area contributed by atoms with Gasteiger partial charge in [-0.15, -0.1) is 0 Å². The highest BCUT2D eigenvalue weighted by atomic mass is 79.9. The number of hydrogen-bond donors (Lipinski definition) is 0. The molecule has 2 nitrogen and oxygen atoms in total. The van der Waals surface area contributed by atoms with Gasteiger partial charge >= 0.3 is 0 Å². The third-order valence-corrected chi connectivity index (χ3v) is 2.28. The lowest BCUT2D eigenvalue weighted by molar-refractivity contribution is 0.303. The number of furan rings is 1. The van der Waals surface area contributed by atoms with E-state index in [1.54, 1.807) is 24.7 Å². The smallest absolute Gasteiger partial charge is 0.128 e. The van der Waals surface area contributed by atoms with Crippen LogP contribution in [0, 0.1) is 5.82 Å². The van der Waals surface area contributed by atoms with Crippen LogP contribution in [0.5, 0.6) is 5.75 Å². The van der Waals surface area contributed by atoms with Crippen molar-refractivity contribution in [1.82, 2.24) is 0 Å². The molecule has 1 heterocycles. The van der Waals surface area contributed by atoms with E-state index in [1.807, 2.05) is 0 Å². The van der Waals surface area contributed by atoms with Crippen LogP contribution in [0.15, 0.2) is 45.7 Å². The van der Waals surface area contributed by atoms with Crippen molar-refractivity contribution in [2.24, 2.45) is 0 Å². The summed E-state index contributed by atoms with van der Waals surface area (Å²) in [6.45, 7) is 0.367. The predicted molar refractivity (Wildman–Crippen MR) is 57.1 cm³/mol. The van der Waals surface area contributed by atoms with E-state index in [2.05, 4.69) is 15.9 Å². The molecular weight excluding hydrogens is 263 g/mol. The van der Waals surface area contributed by atoms with Gasteiger partial charge in [-0.2, -0.15) is 0 Å². The summed E-state index contributed by atoms with van der Waals surface area (Å²) >= 11 is 3.19. The maximum absolute atomic E-state index is 13.0. The molecule has 0 saturated heterocycles. The van der Waals surface area contributed by atoms with Crippen molar-refractivity contribution in [3.8, 4) is 5.75 Å².